The maximum absolute atomic E-state index is 10.4. The minimum atomic E-state index is -0.648. The van der Waals surface area contributed by atoms with Gasteiger partial charge < -0.3 is 5.11 Å². The molecule has 0 spiro atoms. The van der Waals surface area contributed by atoms with Crippen molar-refractivity contribution in [2.75, 3.05) is 0 Å². The lowest BCUT2D eigenvalue weighted by Crippen LogP contribution is -2.26. The van der Waals surface area contributed by atoms with E-state index in [-0.39, 0.29) is 0 Å². The average Bonchev–Trinajstić information content (AvgIpc) is 2.80. The van der Waals surface area contributed by atoms with Crippen LogP contribution in [-0.2, 0) is 4.79 Å². The fraction of sp³-hybridized carbons (Fsp3) is 0.950. The van der Waals surface area contributed by atoms with Gasteiger partial charge in [0.25, 0.3) is 0 Å². The van der Waals surface area contributed by atoms with Crippen molar-refractivity contribution in [3.63, 3.8) is 0 Å². The minimum absolute atomic E-state index is 0.348. The van der Waals surface area contributed by atoms with Crippen LogP contribution in [0.2, 0.25) is 0 Å². The SMILES string of the molecule is CC1(CCCCCCCCCCC(=O)O)CC2CCC(C2)C1. The fourth-order valence-electron chi connectivity index (χ4n) is 5.12. The molecular formula is C20H36O2. The van der Waals surface area contributed by atoms with Gasteiger partial charge in [-0.1, -0.05) is 64.7 Å². The van der Waals surface area contributed by atoms with Crippen LogP contribution in [-0.4, -0.2) is 11.1 Å². The first kappa shape index (κ1) is 17.8. The van der Waals surface area contributed by atoms with Crippen molar-refractivity contribution in [3.05, 3.63) is 0 Å². The van der Waals surface area contributed by atoms with Crippen molar-refractivity contribution >= 4 is 5.97 Å². The summed E-state index contributed by atoms with van der Waals surface area (Å²) in [6.07, 6.45) is 19.4. The fourth-order valence-corrected chi connectivity index (χ4v) is 5.12. The van der Waals surface area contributed by atoms with Gasteiger partial charge in [-0.15, -0.1) is 0 Å². The Morgan fingerprint density at radius 3 is 1.95 bits per heavy atom. The molecule has 22 heavy (non-hydrogen) atoms. The number of hydrogen-bond donors (Lipinski definition) is 1. The average molecular weight is 309 g/mol. The standard InChI is InChI=1S/C20H36O2/c1-20(15-17-11-12-18(14-17)16-20)13-9-7-5-3-2-4-6-8-10-19(21)22/h17-18H,2-16H2,1H3,(H,21,22). The molecule has 2 rings (SSSR count). The smallest absolute Gasteiger partial charge is 0.303 e. The van der Waals surface area contributed by atoms with Crippen molar-refractivity contribution in [1.82, 2.24) is 0 Å². The zero-order valence-electron chi connectivity index (χ0n) is 14.6. The third-order valence-electron chi connectivity index (χ3n) is 6.13. The van der Waals surface area contributed by atoms with Crippen LogP contribution in [0.3, 0.4) is 0 Å². The van der Waals surface area contributed by atoms with Gasteiger partial charge in [-0.25, -0.2) is 0 Å². The minimum Gasteiger partial charge on any atom is -0.481 e. The third kappa shape index (κ3) is 6.30. The summed E-state index contributed by atoms with van der Waals surface area (Å²) in [7, 11) is 0. The predicted molar refractivity (Wildman–Crippen MR) is 92.0 cm³/mol. The Hall–Kier alpha value is -0.530. The van der Waals surface area contributed by atoms with Crippen LogP contribution in [0, 0.1) is 17.3 Å². The van der Waals surface area contributed by atoms with Gasteiger partial charge in [0, 0.05) is 6.42 Å². The Morgan fingerprint density at radius 1 is 0.909 bits per heavy atom. The molecule has 1 N–H and O–H groups in total. The van der Waals surface area contributed by atoms with Crippen LogP contribution in [0.1, 0.15) is 103 Å². The van der Waals surface area contributed by atoms with Gasteiger partial charge in [0.05, 0.1) is 0 Å². The van der Waals surface area contributed by atoms with Crippen LogP contribution in [0.15, 0.2) is 0 Å². The van der Waals surface area contributed by atoms with E-state index in [1.54, 1.807) is 0 Å². The normalized spacial score (nSPS) is 30.6. The molecule has 2 unspecified atom stereocenters. The summed E-state index contributed by atoms with van der Waals surface area (Å²) in [5, 5.41) is 8.58. The molecule has 2 bridgehead atoms. The molecule has 2 heteroatoms. The van der Waals surface area contributed by atoms with Crippen LogP contribution >= 0.6 is 0 Å². The molecule has 0 amide bonds. The van der Waals surface area contributed by atoms with E-state index in [1.807, 2.05) is 0 Å². The molecule has 0 radical (unpaired) electrons. The number of rotatable bonds is 11. The molecule has 2 nitrogen and oxygen atoms in total. The van der Waals surface area contributed by atoms with Gasteiger partial charge >= 0.3 is 5.97 Å². The molecule has 0 saturated heterocycles. The highest BCUT2D eigenvalue weighted by atomic mass is 16.4. The van der Waals surface area contributed by atoms with E-state index in [0.29, 0.717) is 11.8 Å². The number of carboxylic acids is 1. The second-order valence-electron chi connectivity index (χ2n) is 8.49. The molecule has 0 aromatic rings. The maximum Gasteiger partial charge on any atom is 0.303 e. The summed E-state index contributed by atoms with van der Waals surface area (Å²) in [5.74, 6) is 1.48. The topological polar surface area (TPSA) is 37.3 Å². The van der Waals surface area contributed by atoms with Crippen LogP contribution < -0.4 is 0 Å². The number of carboxylic acid groups (broad SMARTS) is 1. The Labute approximate surface area is 137 Å². The first-order chi connectivity index (χ1) is 10.6. The van der Waals surface area contributed by atoms with Crippen molar-refractivity contribution in [2.24, 2.45) is 17.3 Å². The van der Waals surface area contributed by atoms with Gasteiger partial charge in [-0.3, -0.25) is 4.79 Å². The Morgan fingerprint density at radius 2 is 1.41 bits per heavy atom. The van der Waals surface area contributed by atoms with E-state index in [1.165, 1.54) is 77.0 Å². The van der Waals surface area contributed by atoms with E-state index in [0.717, 1.165) is 24.7 Å². The van der Waals surface area contributed by atoms with Crippen molar-refractivity contribution < 1.29 is 9.90 Å². The molecule has 2 aliphatic carbocycles. The van der Waals surface area contributed by atoms with Gasteiger partial charge in [0.2, 0.25) is 0 Å². The van der Waals surface area contributed by atoms with Gasteiger partial charge in [-0.2, -0.15) is 0 Å². The molecule has 0 aromatic heterocycles. The Balaban J connectivity index is 1.42. The van der Waals surface area contributed by atoms with Crippen LogP contribution in [0.4, 0.5) is 0 Å². The first-order valence-corrected chi connectivity index (χ1v) is 9.79. The van der Waals surface area contributed by atoms with E-state index in [2.05, 4.69) is 6.92 Å². The van der Waals surface area contributed by atoms with E-state index < -0.39 is 5.97 Å². The Bertz CT molecular complexity index is 325. The summed E-state index contributed by atoms with van der Waals surface area (Å²) in [6.45, 7) is 2.56. The second kappa shape index (κ2) is 8.93. The summed E-state index contributed by atoms with van der Waals surface area (Å²) < 4.78 is 0. The highest BCUT2D eigenvalue weighted by Crippen LogP contribution is 2.52. The van der Waals surface area contributed by atoms with Crippen molar-refractivity contribution in [2.45, 2.75) is 103 Å². The first-order valence-electron chi connectivity index (χ1n) is 9.79. The van der Waals surface area contributed by atoms with Gasteiger partial charge in [0.15, 0.2) is 0 Å². The molecular weight excluding hydrogens is 272 g/mol. The molecule has 0 aliphatic heterocycles. The number of aliphatic carboxylic acids is 1. The summed E-state index contributed by atoms with van der Waals surface area (Å²) >= 11 is 0. The largest absolute Gasteiger partial charge is 0.481 e. The molecule has 0 heterocycles. The van der Waals surface area contributed by atoms with Gasteiger partial charge in [0.1, 0.15) is 0 Å². The lowest BCUT2D eigenvalue weighted by molar-refractivity contribution is -0.137. The number of hydrogen-bond acceptors (Lipinski definition) is 1. The second-order valence-corrected chi connectivity index (χ2v) is 8.49. The lowest BCUT2D eigenvalue weighted by Gasteiger charge is -2.38. The van der Waals surface area contributed by atoms with Crippen LogP contribution in [0.5, 0.6) is 0 Å². The number of fused-ring (bicyclic) bond motifs is 2. The quantitative estimate of drug-likeness (QED) is 0.462. The molecule has 128 valence electrons. The third-order valence-corrected chi connectivity index (χ3v) is 6.13. The molecule has 2 fully saturated rings. The molecule has 2 saturated carbocycles. The number of unbranched alkanes of at least 4 members (excludes halogenated alkanes) is 7. The van der Waals surface area contributed by atoms with Crippen molar-refractivity contribution in [3.8, 4) is 0 Å². The molecule has 0 aromatic carbocycles. The van der Waals surface area contributed by atoms with Gasteiger partial charge in [-0.05, 0) is 49.4 Å². The zero-order valence-corrected chi connectivity index (χ0v) is 14.6. The maximum atomic E-state index is 10.4. The highest BCUT2D eigenvalue weighted by molar-refractivity contribution is 5.66. The van der Waals surface area contributed by atoms with Crippen LogP contribution in [0.25, 0.3) is 0 Å². The van der Waals surface area contributed by atoms with E-state index in [4.69, 9.17) is 5.11 Å². The highest BCUT2D eigenvalue weighted by Gasteiger charge is 2.40. The zero-order chi connectivity index (χ0) is 15.8. The predicted octanol–water partition coefficient (Wildman–Crippen LogP) is 6.19. The molecule has 2 aliphatic rings. The summed E-state index contributed by atoms with van der Waals surface area (Å²) in [6, 6.07) is 0. The summed E-state index contributed by atoms with van der Waals surface area (Å²) in [5.41, 5.74) is 0.668. The van der Waals surface area contributed by atoms with Crippen molar-refractivity contribution in [1.29, 1.82) is 0 Å². The molecule has 2 atom stereocenters. The monoisotopic (exact) mass is 308 g/mol. The van der Waals surface area contributed by atoms with E-state index >= 15 is 0 Å². The Kier molecular flexibility index (Phi) is 7.24. The number of carbonyl (C=O) groups is 1. The summed E-state index contributed by atoms with van der Waals surface area (Å²) in [4.78, 5) is 10.4. The van der Waals surface area contributed by atoms with E-state index in [9.17, 15) is 4.79 Å². The lowest BCUT2D eigenvalue weighted by atomic mass is 9.68.